The third-order valence-corrected chi connectivity index (χ3v) is 2.56. The maximum absolute atomic E-state index is 9.35. The van der Waals surface area contributed by atoms with Gasteiger partial charge in [0.2, 0.25) is 5.88 Å². The average Bonchev–Trinajstić information content (AvgIpc) is 2.27. The molecule has 1 aliphatic rings. The largest absolute Gasteiger partial charge is 0.508 e. The minimum atomic E-state index is 0.171. The molecule has 1 aliphatic heterocycles. The molecular formula is C11H9N3O2. The van der Waals surface area contributed by atoms with Crippen LogP contribution in [0.4, 0.5) is 5.82 Å². The molecule has 0 atom stereocenters. The molecule has 3 rings (SSSR count). The van der Waals surface area contributed by atoms with Crippen LogP contribution in [0, 0.1) is 0 Å². The van der Waals surface area contributed by atoms with Gasteiger partial charge in [0.1, 0.15) is 23.6 Å². The van der Waals surface area contributed by atoms with E-state index < -0.39 is 0 Å². The van der Waals surface area contributed by atoms with Crippen LogP contribution in [0.25, 0.3) is 0 Å². The van der Waals surface area contributed by atoms with E-state index in [4.69, 9.17) is 10.5 Å². The van der Waals surface area contributed by atoms with Crippen molar-refractivity contribution >= 4 is 5.82 Å². The Morgan fingerprint density at radius 3 is 3.06 bits per heavy atom. The molecule has 0 unspecified atom stereocenters. The molecule has 0 amide bonds. The van der Waals surface area contributed by atoms with Gasteiger partial charge in [-0.2, -0.15) is 0 Å². The van der Waals surface area contributed by atoms with Crippen molar-refractivity contribution in [3.63, 3.8) is 0 Å². The normalized spacial score (nSPS) is 12.5. The van der Waals surface area contributed by atoms with E-state index in [2.05, 4.69) is 9.97 Å². The molecule has 0 radical (unpaired) electrons. The predicted octanol–water partition coefficient (Wildman–Crippen LogP) is 1.46. The molecule has 2 heterocycles. The first-order chi connectivity index (χ1) is 7.74. The van der Waals surface area contributed by atoms with Crippen LogP contribution in [0.15, 0.2) is 24.5 Å². The lowest BCUT2D eigenvalue weighted by atomic mass is 10.0. The first-order valence-electron chi connectivity index (χ1n) is 4.83. The van der Waals surface area contributed by atoms with Crippen molar-refractivity contribution in [2.45, 2.75) is 6.42 Å². The molecule has 16 heavy (non-hydrogen) atoms. The van der Waals surface area contributed by atoms with Gasteiger partial charge in [0.05, 0.1) is 5.56 Å². The topological polar surface area (TPSA) is 81.3 Å². The Morgan fingerprint density at radius 1 is 1.31 bits per heavy atom. The smallest absolute Gasteiger partial charge is 0.227 e. The SMILES string of the molecule is Nc1ncnc2c1Cc1ccc(O)cc1O2. The molecule has 0 spiro atoms. The van der Waals surface area contributed by atoms with E-state index in [0.717, 1.165) is 11.1 Å². The zero-order valence-corrected chi connectivity index (χ0v) is 8.34. The number of fused-ring (bicyclic) bond motifs is 2. The molecule has 5 nitrogen and oxygen atoms in total. The highest BCUT2D eigenvalue weighted by Gasteiger charge is 2.20. The van der Waals surface area contributed by atoms with Gasteiger partial charge in [-0.05, 0) is 11.6 Å². The molecule has 0 saturated heterocycles. The Hall–Kier alpha value is -2.30. The molecule has 0 bridgehead atoms. The lowest BCUT2D eigenvalue weighted by molar-refractivity contribution is 0.428. The van der Waals surface area contributed by atoms with Crippen LogP contribution in [0.2, 0.25) is 0 Å². The quantitative estimate of drug-likeness (QED) is 0.593. The molecule has 0 fully saturated rings. The van der Waals surface area contributed by atoms with Crippen molar-refractivity contribution in [1.29, 1.82) is 0 Å². The first kappa shape index (κ1) is 8.96. The summed E-state index contributed by atoms with van der Waals surface area (Å²) in [5.41, 5.74) is 7.50. The summed E-state index contributed by atoms with van der Waals surface area (Å²) in [7, 11) is 0. The predicted molar refractivity (Wildman–Crippen MR) is 57.4 cm³/mol. The molecular weight excluding hydrogens is 206 g/mol. The lowest BCUT2D eigenvalue weighted by Crippen LogP contribution is -2.08. The van der Waals surface area contributed by atoms with Crippen LogP contribution in [0.1, 0.15) is 11.1 Å². The summed E-state index contributed by atoms with van der Waals surface area (Å²) >= 11 is 0. The monoisotopic (exact) mass is 215 g/mol. The number of nitrogens with zero attached hydrogens (tertiary/aromatic N) is 2. The van der Waals surface area contributed by atoms with E-state index in [1.807, 2.05) is 0 Å². The summed E-state index contributed by atoms with van der Waals surface area (Å²) < 4.78 is 5.55. The Morgan fingerprint density at radius 2 is 2.19 bits per heavy atom. The number of nitrogens with two attached hydrogens (primary N) is 1. The zero-order chi connectivity index (χ0) is 11.1. The van der Waals surface area contributed by atoms with E-state index in [1.165, 1.54) is 6.33 Å². The fourth-order valence-electron chi connectivity index (χ4n) is 1.74. The van der Waals surface area contributed by atoms with Crippen molar-refractivity contribution < 1.29 is 9.84 Å². The Labute approximate surface area is 91.5 Å². The summed E-state index contributed by atoms with van der Waals surface area (Å²) in [5.74, 6) is 1.68. The van der Waals surface area contributed by atoms with Gasteiger partial charge in [-0.25, -0.2) is 9.97 Å². The summed E-state index contributed by atoms with van der Waals surface area (Å²) in [5, 5.41) is 9.35. The van der Waals surface area contributed by atoms with E-state index >= 15 is 0 Å². The van der Waals surface area contributed by atoms with Gasteiger partial charge in [-0.3, -0.25) is 0 Å². The van der Waals surface area contributed by atoms with Crippen molar-refractivity contribution in [2.75, 3.05) is 5.73 Å². The number of aromatic hydroxyl groups is 1. The van der Waals surface area contributed by atoms with E-state index in [0.29, 0.717) is 23.9 Å². The molecule has 80 valence electrons. The molecule has 1 aromatic carbocycles. The van der Waals surface area contributed by atoms with Crippen LogP contribution in [-0.4, -0.2) is 15.1 Å². The molecule has 0 aliphatic carbocycles. The molecule has 0 saturated carbocycles. The number of hydrogen-bond acceptors (Lipinski definition) is 5. The average molecular weight is 215 g/mol. The second kappa shape index (κ2) is 3.10. The van der Waals surface area contributed by atoms with Crippen LogP contribution in [0.5, 0.6) is 17.4 Å². The van der Waals surface area contributed by atoms with Crippen molar-refractivity contribution in [3.8, 4) is 17.4 Å². The molecule has 2 aromatic rings. The lowest BCUT2D eigenvalue weighted by Gasteiger charge is -2.19. The van der Waals surface area contributed by atoms with Crippen LogP contribution in [-0.2, 0) is 6.42 Å². The fraction of sp³-hybridized carbons (Fsp3) is 0.0909. The molecule has 3 N–H and O–H groups in total. The first-order valence-corrected chi connectivity index (χ1v) is 4.83. The summed E-state index contributed by atoms with van der Waals surface area (Å²) in [4.78, 5) is 7.93. The second-order valence-electron chi connectivity index (χ2n) is 3.61. The van der Waals surface area contributed by atoms with Gasteiger partial charge >= 0.3 is 0 Å². The minimum absolute atomic E-state index is 0.171. The van der Waals surface area contributed by atoms with Gasteiger partial charge < -0.3 is 15.6 Å². The maximum Gasteiger partial charge on any atom is 0.227 e. The number of rotatable bonds is 0. The molecule has 1 aromatic heterocycles. The maximum atomic E-state index is 9.35. The van der Waals surface area contributed by atoms with E-state index in [9.17, 15) is 5.11 Å². The number of aromatic nitrogens is 2. The minimum Gasteiger partial charge on any atom is -0.508 e. The number of ether oxygens (including phenoxy) is 1. The number of anilines is 1. The highest BCUT2D eigenvalue weighted by molar-refractivity contribution is 5.55. The Bertz CT molecular complexity index is 569. The van der Waals surface area contributed by atoms with Gasteiger partial charge in [-0.1, -0.05) is 6.07 Å². The summed E-state index contributed by atoms with van der Waals surface area (Å²) in [6, 6.07) is 4.99. The van der Waals surface area contributed by atoms with Gasteiger partial charge in [-0.15, -0.1) is 0 Å². The van der Waals surface area contributed by atoms with E-state index in [1.54, 1.807) is 18.2 Å². The van der Waals surface area contributed by atoms with Crippen molar-refractivity contribution in [2.24, 2.45) is 0 Å². The number of phenols is 1. The van der Waals surface area contributed by atoms with Gasteiger partial charge in [0.15, 0.2) is 0 Å². The van der Waals surface area contributed by atoms with Gasteiger partial charge in [0.25, 0.3) is 0 Å². The molecule has 5 heteroatoms. The third kappa shape index (κ3) is 1.25. The summed E-state index contributed by atoms with van der Waals surface area (Å²) in [6.45, 7) is 0. The highest BCUT2D eigenvalue weighted by atomic mass is 16.5. The second-order valence-corrected chi connectivity index (χ2v) is 3.61. The number of benzene rings is 1. The third-order valence-electron chi connectivity index (χ3n) is 2.56. The Balaban J connectivity index is 2.13. The highest BCUT2D eigenvalue weighted by Crippen LogP contribution is 2.38. The van der Waals surface area contributed by atoms with Crippen LogP contribution >= 0.6 is 0 Å². The fourth-order valence-corrected chi connectivity index (χ4v) is 1.74. The van der Waals surface area contributed by atoms with Crippen molar-refractivity contribution in [1.82, 2.24) is 9.97 Å². The van der Waals surface area contributed by atoms with E-state index in [-0.39, 0.29) is 5.75 Å². The standard InChI is InChI=1S/C11H9N3O2/c12-10-8-3-6-1-2-7(15)4-9(6)16-11(8)14-5-13-10/h1-2,4-5,15H,3H2,(H2,12,13,14). The number of nitrogen functional groups attached to an aromatic ring is 1. The van der Waals surface area contributed by atoms with Crippen molar-refractivity contribution in [3.05, 3.63) is 35.7 Å². The Kier molecular flexibility index (Phi) is 1.73. The number of phenolic OH excluding ortho intramolecular Hbond substituents is 1. The van der Waals surface area contributed by atoms with Gasteiger partial charge in [0, 0.05) is 12.5 Å². The summed E-state index contributed by atoms with van der Waals surface area (Å²) in [6.07, 6.45) is 1.99. The van der Waals surface area contributed by atoms with Crippen LogP contribution in [0.3, 0.4) is 0 Å². The van der Waals surface area contributed by atoms with Crippen LogP contribution < -0.4 is 10.5 Å². The number of hydrogen-bond donors (Lipinski definition) is 2. The zero-order valence-electron chi connectivity index (χ0n) is 8.34.